The Morgan fingerprint density at radius 2 is 2.07 bits per heavy atom. The molecular weight excluding hydrogens is 356 g/mol. The summed E-state index contributed by atoms with van der Waals surface area (Å²) in [5.74, 6) is -0.0503. The second-order valence-corrected chi connectivity index (χ2v) is 8.30. The molecule has 0 spiro atoms. The number of benzene rings is 1. The van der Waals surface area contributed by atoms with Gasteiger partial charge in [0.2, 0.25) is 11.8 Å². The largest absolute Gasteiger partial charge is 0.322 e. The van der Waals surface area contributed by atoms with E-state index in [1.807, 2.05) is 12.1 Å². The number of fused-ring (bicyclic) bond motifs is 1. The lowest BCUT2D eigenvalue weighted by Gasteiger charge is -2.29. The van der Waals surface area contributed by atoms with E-state index in [0.29, 0.717) is 24.4 Å². The van der Waals surface area contributed by atoms with Crippen molar-refractivity contribution in [3.8, 4) is 0 Å². The van der Waals surface area contributed by atoms with E-state index < -0.39 is 6.04 Å². The Labute approximate surface area is 165 Å². The van der Waals surface area contributed by atoms with Crippen LogP contribution in [0.15, 0.2) is 18.2 Å². The molecule has 3 aliphatic rings. The van der Waals surface area contributed by atoms with Crippen LogP contribution < -0.4 is 10.6 Å². The zero-order valence-corrected chi connectivity index (χ0v) is 16.4. The van der Waals surface area contributed by atoms with Crippen molar-refractivity contribution < 1.29 is 14.4 Å². The average Bonchev–Trinajstić information content (AvgIpc) is 2.99. The molecule has 0 aliphatic carbocycles. The SMILES string of the molecule is CN(Cc1ccc2c(c1)C(=O)N(C1CCC(=O)NC1=O)C2)CC1CCCNC1. The molecule has 7 heteroatoms. The highest BCUT2D eigenvalue weighted by atomic mass is 16.2. The minimum atomic E-state index is -0.553. The third kappa shape index (κ3) is 3.95. The third-order valence-electron chi connectivity index (χ3n) is 6.01. The summed E-state index contributed by atoms with van der Waals surface area (Å²) in [5.41, 5.74) is 2.76. The number of nitrogens with one attached hydrogen (secondary N) is 2. The van der Waals surface area contributed by atoms with Gasteiger partial charge in [-0.15, -0.1) is 0 Å². The number of imide groups is 1. The van der Waals surface area contributed by atoms with Gasteiger partial charge in [0.1, 0.15) is 6.04 Å². The lowest BCUT2D eigenvalue weighted by molar-refractivity contribution is -0.136. The Bertz CT molecular complexity index is 788. The fraction of sp³-hybridized carbons (Fsp3) is 0.571. The van der Waals surface area contributed by atoms with Crippen LogP contribution in [0.1, 0.15) is 47.2 Å². The lowest BCUT2D eigenvalue weighted by Crippen LogP contribution is -2.52. The van der Waals surface area contributed by atoms with Crippen LogP contribution in [0.2, 0.25) is 0 Å². The van der Waals surface area contributed by atoms with E-state index in [2.05, 4.69) is 28.6 Å². The van der Waals surface area contributed by atoms with E-state index in [-0.39, 0.29) is 24.1 Å². The maximum atomic E-state index is 12.9. The van der Waals surface area contributed by atoms with E-state index in [4.69, 9.17) is 0 Å². The highest BCUT2D eigenvalue weighted by Gasteiger charge is 2.39. The van der Waals surface area contributed by atoms with Gasteiger partial charge < -0.3 is 15.1 Å². The van der Waals surface area contributed by atoms with Crippen LogP contribution in [0.4, 0.5) is 0 Å². The molecule has 4 rings (SSSR count). The monoisotopic (exact) mass is 384 g/mol. The van der Waals surface area contributed by atoms with Crippen molar-refractivity contribution in [3.63, 3.8) is 0 Å². The van der Waals surface area contributed by atoms with Gasteiger partial charge in [-0.25, -0.2) is 0 Å². The maximum Gasteiger partial charge on any atom is 0.255 e. The maximum absolute atomic E-state index is 12.9. The Hall–Kier alpha value is -2.25. The smallest absolute Gasteiger partial charge is 0.255 e. The third-order valence-corrected chi connectivity index (χ3v) is 6.01. The first-order valence-electron chi connectivity index (χ1n) is 10.2. The number of carbonyl (C=O) groups excluding carboxylic acids is 3. The van der Waals surface area contributed by atoms with Gasteiger partial charge in [0.15, 0.2) is 0 Å². The quantitative estimate of drug-likeness (QED) is 0.737. The summed E-state index contributed by atoms with van der Waals surface area (Å²) in [7, 11) is 2.12. The standard InChI is InChI=1S/C21H28N4O3/c1-24(12-15-3-2-8-22-10-15)11-14-4-5-16-13-25(21(28)17(16)9-14)18-6-7-19(26)23-20(18)27/h4-5,9,15,18,22H,2-3,6-8,10-13H2,1H3,(H,23,26,27). The second kappa shape index (κ2) is 8.01. The van der Waals surface area contributed by atoms with E-state index in [0.717, 1.165) is 37.3 Å². The summed E-state index contributed by atoms with van der Waals surface area (Å²) in [6.07, 6.45) is 3.18. The first kappa shape index (κ1) is 19.1. The van der Waals surface area contributed by atoms with Gasteiger partial charge in [-0.1, -0.05) is 12.1 Å². The molecule has 0 aromatic heterocycles. The molecule has 0 radical (unpaired) electrons. The Kier molecular flexibility index (Phi) is 5.46. The summed E-state index contributed by atoms with van der Waals surface area (Å²) in [5, 5.41) is 5.80. The molecule has 2 saturated heterocycles. The van der Waals surface area contributed by atoms with Crippen molar-refractivity contribution in [2.45, 2.75) is 44.8 Å². The molecule has 2 atom stereocenters. The van der Waals surface area contributed by atoms with Crippen LogP contribution in [0, 0.1) is 5.92 Å². The molecule has 28 heavy (non-hydrogen) atoms. The van der Waals surface area contributed by atoms with Gasteiger partial charge in [0.05, 0.1) is 0 Å². The normalized spacial score (nSPS) is 25.2. The number of amides is 3. The number of rotatable bonds is 5. The minimum absolute atomic E-state index is 0.106. The molecule has 2 fully saturated rings. The molecule has 1 aromatic carbocycles. The Morgan fingerprint density at radius 1 is 1.21 bits per heavy atom. The predicted molar refractivity (Wildman–Crippen MR) is 104 cm³/mol. The van der Waals surface area contributed by atoms with Crippen LogP contribution >= 0.6 is 0 Å². The van der Waals surface area contributed by atoms with Crippen molar-refractivity contribution in [1.82, 2.24) is 20.4 Å². The summed E-state index contributed by atoms with van der Waals surface area (Å²) in [4.78, 5) is 40.4. The van der Waals surface area contributed by atoms with E-state index >= 15 is 0 Å². The summed E-state index contributed by atoms with van der Waals surface area (Å²) in [6, 6.07) is 5.50. The minimum Gasteiger partial charge on any atom is -0.322 e. The average molecular weight is 384 g/mol. The van der Waals surface area contributed by atoms with Gasteiger partial charge in [-0.05, 0) is 62.5 Å². The van der Waals surface area contributed by atoms with Crippen molar-refractivity contribution >= 4 is 17.7 Å². The molecule has 3 heterocycles. The van der Waals surface area contributed by atoms with Crippen LogP contribution in [-0.4, -0.2) is 60.2 Å². The Balaban J connectivity index is 1.41. The number of carbonyl (C=O) groups is 3. The van der Waals surface area contributed by atoms with Crippen molar-refractivity contribution in [2.75, 3.05) is 26.7 Å². The summed E-state index contributed by atoms with van der Waals surface area (Å²) < 4.78 is 0. The van der Waals surface area contributed by atoms with Gasteiger partial charge in [-0.3, -0.25) is 19.7 Å². The molecule has 1 aromatic rings. The van der Waals surface area contributed by atoms with E-state index in [9.17, 15) is 14.4 Å². The molecule has 2 N–H and O–H groups in total. The molecule has 0 saturated carbocycles. The molecule has 3 amide bonds. The van der Waals surface area contributed by atoms with Gasteiger partial charge in [-0.2, -0.15) is 0 Å². The van der Waals surface area contributed by atoms with E-state index in [1.54, 1.807) is 4.90 Å². The number of piperidine rings is 2. The zero-order chi connectivity index (χ0) is 19.7. The molecule has 150 valence electrons. The highest BCUT2D eigenvalue weighted by molar-refractivity contribution is 6.05. The topological polar surface area (TPSA) is 81.8 Å². The van der Waals surface area contributed by atoms with Crippen molar-refractivity contribution in [2.24, 2.45) is 5.92 Å². The molecule has 0 bridgehead atoms. The van der Waals surface area contributed by atoms with Crippen LogP contribution in [0.5, 0.6) is 0 Å². The first-order chi connectivity index (χ1) is 13.5. The van der Waals surface area contributed by atoms with Gasteiger partial charge >= 0.3 is 0 Å². The molecular formula is C21H28N4O3. The Morgan fingerprint density at radius 3 is 2.82 bits per heavy atom. The van der Waals surface area contributed by atoms with Crippen LogP contribution in [-0.2, 0) is 22.7 Å². The second-order valence-electron chi connectivity index (χ2n) is 8.30. The first-order valence-corrected chi connectivity index (χ1v) is 10.2. The number of hydrogen-bond donors (Lipinski definition) is 2. The summed E-state index contributed by atoms with van der Waals surface area (Å²) in [6.45, 7) is 4.48. The zero-order valence-electron chi connectivity index (χ0n) is 16.4. The molecule has 3 aliphatic heterocycles. The molecule has 2 unspecified atom stereocenters. The van der Waals surface area contributed by atoms with Gasteiger partial charge in [0.25, 0.3) is 5.91 Å². The van der Waals surface area contributed by atoms with Crippen LogP contribution in [0.3, 0.4) is 0 Å². The predicted octanol–water partition coefficient (Wildman–Crippen LogP) is 0.879. The van der Waals surface area contributed by atoms with Crippen LogP contribution in [0.25, 0.3) is 0 Å². The number of nitrogens with zero attached hydrogens (tertiary/aromatic N) is 2. The fourth-order valence-corrected chi connectivity index (χ4v) is 4.60. The fourth-order valence-electron chi connectivity index (χ4n) is 4.60. The van der Waals surface area contributed by atoms with Crippen molar-refractivity contribution in [1.29, 1.82) is 0 Å². The summed E-state index contributed by atoms with van der Waals surface area (Å²) >= 11 is 0. The van der Waals surface area contributed by atoms with Crippen molar-refractivity contribution in [3.05, 3.63) is 34.9 Å². The van der Waals surface area contributed by atoms with Gasteiger partial charge in [0, 0.05) is 31.6 Å². The number of hydrogen-bond acceptors (Lipinski definition) is 5. The lowest BCUT2D eigenvalue weighted by atomic mass is 9.99. The van der Waals surface area contributed by atoms with E-state index in [1.165, 1.54) is 12.8 Å². The highest BCUT2D eigenvalue weighted by Crippen LogP contribution is 2.28. The molecule has 7 nitrogen and oxygen atoms in total.